The van der Waals surface area contributed by atoms with Crippen LogP contribution in [-0.4, -0.2) is 68.9 Å². The van der Waals surface area contributed by atoms with Crippen LogP contribution in [0.4, 0.5) is 0 Å². The molecule has 0 saturated carbocycles. The number of ether oxygens (including phenoxy) is 1. The lowest BCUT2D eigenvalue weighted by molar-refractivity contribution is -0.158. The fourth-order valence-electron chi connectivity index (χ4n) is 1.59. The fraction of sp³-hybridized carbons (Fsp3) is 0.385. The highest BCUT2D eigenvalue weighted by atomic mass is 35.5. The van der Waals surface area contributed by atoms with Gasteiger partial charge in [0.25, 0.3) is 0 Å². The molecule has 0 unspecified atom stereocenters. The number of aliphatic carboxylic acids is 1. The zero-order valence-electron chi connectivity index (χ0n) is 13.1. The minimum absolute atomic E-state index is 0.00490. The summed E-state index contributed by atoms with van der Waals surface area (Å²) >= 11 is 11.7. The van der Waals surface area contributed by atoms with Crippen LogP contribution in [0.5, 0.6) is 5.75 Å². The molecular formula is C13H16Cl2N2O6S. The van der Waals surface area contributed by atoms with E-state index in [1.54, 1.807) is 19.0 Å². The minimum atomic E-state index is -4.11. The molecule has 1 N–H and O–H groups in total. The number of carbonyl (C=O) groups is 2. The van der Waals surface area contributed by atoms with E-state index in [0.717, 1.165) is 16.4 Å². The predicted molar refractivity (Wildman–Crippen MR) is 88.1 cm³/mol. The topological polar surface area (TPSA) is 104 Å². The summed E-state index contributed by atoms with van der Waals surface area (Å²) in [7, 11) is 0.765. The molecule has 1 aromatic carbocycles. The van der Waals surface area contributed by atoms with Gasteiger partial charge in [-0.05, 0) is 26.2 Å². The summed E-state index contributed by atoms with van der Waals surface area (Å²) in [4.78, 5) is 23.2. The van der Waals surface area contributed by atoms with Crippen LogP contribution >= 0.6 is 23.2 Å². The minimum Gasteiger partial charge on any atom is -0.473 e. The fourth-order valence-corrected chi connectivity index (χ4v) is 3.56. The first kappa shape index (κ1) is 20.7. The van der Waals surface area contributed by atoms with Crippen LogP contribution in [0.2, 0.25) is 10.0 Å². The number of carbonyl (C=O) groups excluding carboxylic acids is 1. The number of likely N-dealkylation sites (N-methyl/N-ethyl adjacent to an activating group) is 2. The summed E-state index contributed by atoms with van der Waals surface area (Å²) in [5.74, 6) is -4.12. The Hall–Kier alpha value is -1.39. The lowest BCUT2D eigenvalue weighted by Gasteiger charge is -2.21. The number of halogens is 2. The quantitative estimate of drug-likeness (QED) is 0.435. The molecule has 0 heterocycles. The van der Waals surface area contributed by atoms with Gasteiger partial charge in [-0.3, -0.25) is 0 Å². The number of rotatable bonds is 6. The summed E-state index contributed by atoms with van der Waals surface area (Å²) in [5.41, 5.74) is 0. The Kier molecular flexibility index (Phi) is 6.99. The Morgan fingerprint density at radius 3 is 2.25 bits per heavy atom. The highest BCUT2D eigenvalue weighted by molar-refractivity contribution is 7.89. The van der Waals surface area contributed by atoms with Gasteiger partial charge in [-0.15, -0.1) is 0 Å². The second kappa shape index (κ2) is 8.13. The van der Waals surface area contributed by atoms with Crippen LogP contribution in [0.25, 0.3) is 0 Å². The molecule has 11 heteroatoms. The molecule has 0 bridgehead atoms. The van der Waals surface area contributed by atoms with E-state index < -0.39 is 32.6 Å². The van der Waals surface area contributed by atoms with Gasteiger partial charge in [-0.2, -0.15) is 4.31 Å². The molecule has 0 spiro atoms. The molecule has 0 aliphatic rings. The Bertz CT molecular complexity index is 751. The van der Waals surface area contributed by atoms with Gasteiger partial charge in [-0.1, -0.05) is 23.2 Å². The smallest absolute Gasteiger partial charge is 0.422 e. The van der Waals surface area contributed by atoms with Crippen molar-refractivity contribution in [3.05, 3.63) is 22.2 Å². The van der Waals surface area contributed by atoms with E-state index in [2.05, 4.69) is 4.74 Å². The van der Waals surface area contributed by atoms with E-state index in [4.69, 9.17) is 28.3 Å². The number of esters is 1. The second-order valence-electron chi connectivity index (χ2n) is 5.04. The van der Waals surface area contributed by atoms with E-state index in [1.807, 2.05) is 0 Å². The summed E-state index contributed by atoms with van der Waals surface area (Å²) in [6.45, 7) is 0.583. The SMILES string of the molecule is CN(C)CCN(C)S(=O)(=O)c1cc(Cl)cc(Cl)c1OC(=O)C(=O)O. The zero-order valence-corrected chi connectivity index (χ0v) is 15.4. The second-order valence-corrected chi connectivity index (χ2v) is 7.90. The zero-order chi connectivity index (χ0) is 18.7. The molecule has 0 aliphatic heterocycles. The van der Waals surface area contributed by atoms with Gasteiger partial charge < -0.3 is 14.7 Å². The number of hydrogen-bond acceptors (Lipinski definition) is 6. The molecule has 1 rings (SSSR count). The third-order valence-electron chi connectivity index (χ3n) is 2.89. The van der Waals surface area contributed by atoms with Gasteiger partial charge in [0.1, 0.15) is 4.90 Å². The maximum absolute atomic E-state index is 12.7. The lowest BCUT2D eigenvalue weighted by Crippen LogP contribution is -2.34. The third kappa shape index (κ3) is 5.05. The van der Waals surface area contributed by atoms with E-state index in [-0.39, 0.29) is 16.6 Å². The molecule has 0 radical (unpaired) electrons. The van der Waals surface area contributed by atoms with E-state index in [0.29, 0.717) is 6.54 Å². The van der Waals surface area contributed by atoms with Crippen molar-refractivity contribution in [2.75, 3.05) is 34.2 Å². The van der Waals surface area contributed by atoms with Crippen molar-refractivity contribution in [3.8, 4) is 5.75 Å². The Labute approximate surface area is 149 Å². The highest BCUT2D eigenvalue weighted by Crippen LogP contribution is 2.36. The van der Waals surface area contributed by atoms with Crippen LogP contribution in [-0.2, 0) is 19.6 Å². The number of carboxylic acid groups (broad SMARTS) is 1. The van der Waals surface area contributed by atoms with Crippen molar-refractivity contribution in [1.29, 1.82) is 0 Å². The highest BCUT2D eigenvalue weighted by Gasteiger charge is 2.29. The van der Waals surface area contributed by atoms with Crippen LogP contribution in [0.15, 0.2) is 17.0 Å². The first-order valence-electron chi connectivity index (χ1n) is 6.52. The van der Waals surface area contributed by atoms with Gasteiger partial charge in [0, 0.05) is 25.2 Å². The van der Waals surface area contributed by atoms with E-state index >= 15 is 0 Å². The normalized spacial score (nSPS) is 11.8. The predicted octanol–water partition coefficient (Wildman–Crippen LogP) is 1.17. The van der Waals surface area contributed by atoms with E-state index in [9.17, 15) is 18.0 Å². The molecule has 0 saturated heterocycles. The van der Waals surface area contributed by atoms with Crippen molar-refractivity contribution in [2.45, 2.75) is 4.90 Å². The van der Waals surface area contributed by atoms with Crippen molar-refractivity contribution in [1.82, 2.24) is 9.21 Å². The third-order valence-corrected chi connectivity index (χ3v) is 5.26. The van der Waals surface area contributed by atoms with Gasteiger partial charge >= 0.3 is 11.9 Å². The monoisotopic (exact) mass is 398 g/mol. The van der Waals surface area contributed by atoms with Gasteiger partial charge in [0.2, 0.25) is 10.0 Å². The number of nitrogens with zero attached hydrogens (tertiary/aromatic N) is 2. The molecule has 0 fully saturated rings. The van der Waals surface area contributed by atoms with Crippen molar-refractivity contribution < 1.29 is 27.9 Å². The maximum Gasteiger partial charge on any atom is 0.422 e. The molecular weight excluding hydrogens is 383 g/mol. The first-order chi connectivity index (χ1) is 11.0. The Balaban J connectivity index is 3.35. The van der Waals surface area contributed by atoms with Crippen molar-refractivity contribution in [3.63, 3.8) is 0 Å². The molecule has 134 valence electrons. The molecule has 0 aromatic heterocycles. The molecule has 0 amide bonds. The largest absolute Gasteiger partial charge is 0.473 e. The number of benzene rings is 1. The number of carboxylic acids is 1. The van der Waals surface area contributed by atoms with Crippen LogP contribution in [0.1, 0.15) is 0 Å². The standard InChI is InChI=1S/C13H16Cl2N2O6S/c1-16(2)4-5-17(3)24(21,22)10-7-8(14)6-9(15)11(10)23-13(20)12(18)19/h6-7H,4-5H2,1-3H3,(H,18,19). The maximum atomic E-state index is 12.7. The van der Waals surface area contributed by atoms with Crippen LogP contribution in [0, 0.1) is 0 Å². The van der Waals surface area contributed by atoms with Crippen molar-refractivity contribution >= 4 is 45.2 Å². The van der Waals surface area contributed by atoms with E-state index in [1.165, 1.54) is 7.05 Å². The average molecular weight is 399 g/mol. The van der Waals surface area contributed by atoms with Gasteiger partial charge in [0.15, 0.2) is 5.75 Å². The molecule has 1 aromatic rings. The first-order valence-corrected chi connectivity index (χ1v) is 8.71. The Morgan fingerprint density at radius 1 is 1.17 bits per heavy atom. The van der Waals surface area contributed by atoms with Crippen LogP contribution < -0.4 is 4.74 Å². The summed E-state index contributed by atoms with van der Waals surface area (Å²) in [5, 5.41) is 8.33. The Morgan fingerprint density at radius 2 is 1.75 bits per heavy atom. The average Bonchev–Trinajstić information content (AvgIpc) is 2.46. The summed E-state index contributed by atoms with van der Waals surface area (Å²) in [6, 6.07) is 2.19. The molecule has 0 atom stereocenters. The number of sulfonamides is 1. The molecule has 0 aliphatic carbocycles. The summed E-state index contributed by atoms with van der Waals surface area (Å²) < 4.78 is 31.0. The van der Waals surface area contributed by atoms with Gasteiger partial charge in [-0.25, -0.2) is 18.0 Å². The van der Waals surface area contributed by atoms with Crippen LogP contribution in [0.3, 0.4) is 0 Å². The summed E-state index contributed by atoms with van der Waals surface area (Å²) in [6.07, 6.45) is 0. The van der Waals surface area contributed by atoms with Gasteiger partial charge in [0.05, 0.1) is 5.02 Å². The number of hydrogen-bond donors (Lipinski definition) is 1. The van der Waals surface area contributed by atoms with Crippen molar-refractivity contribution in [2.24, 2.45) is 0 Å². The molecule has 8 nitrogen and oxygen atoms in total. The molecule has 24 heavy (non-hydrogen) atoms. The lowest BCUT2D eigenvalue weighted by atomic mass is 10.3.